The molecule has 34 heavy (non-hydrogen) atoms. The van der Waals surface area contributed by atoms with Crippen LogP contribution in [0, 0.1) is 0 Å². The average Bonchev–Trinajstić information content (AvgIpc) is 3.34. The zero-order chi connectivity index (χ0) is 23.2. The van der Waals surface area contributed by atoms with Crippen LogP contribution in [-0.2, 0) is 32.2 Å². The number of allylic oxidation sites excluding steroid dienone is 1. The molecule has 2 aromatic carbocycles. The molecule has 1 saturated heterocycles. The number of nitrogens with one attached hydrogen (secondary N) is 1. The van der Waals surface area contributed by atoms with E-state index in [1.165, 1.54) is 18.4 Å². The van der Waals surface area contributed by atoms with Crippen LogP contribution in [0.4, 0.5) is 5.69 Å². The van der Waals surface area contributed by atoms with Crippen molar-refractivity contribution in [1.29, 1.82) is 0 Å². The summed E-state index contributed by atoms with van der Waals surface area (Å²) in [5.74, 6) is 0.938. The molecule has 0 bridgehead atoms. The second-order valence-corrected chi connectivity index (χ2v) is 9.43. The van der Waals surface area contributed by atoms with Crippen LogP contribution in [0.25, 0.3) is 11.3 Å². The van der Waals surface area contributed by atoms with Crippen LogP contribution < -0.4 is 5.32 Å². The normalized spacial score (nSPS) is 22.0. The highest BCUT2D eigenvalue weighted by Crippen LogP contribution is 2.46. The molecule has 2 fully saturated rings. The van der Waals surface area contributed by atoms with E-state index in [1.807, 2.05) is 6.92 Å². The van der Waals surface area contributed by atoms with E-state index in [4.69, 9.17) is 9.47 Å². The number of hydrogen-bond donors (Lipinski definition) is 1. The summed E-state index contributed by atoms with van der Waals surface area (Å²) >= 11 is 0. The summed E-state index contributed by atoms with van der Waals surface area (Å²) in [6.45, 7) is 4.32. The predicted octanol–water partition coefficient (Wildman–Crippen LogP) is 4.96. The molecule has 3 aliphatic heterocycles. The molecular formula is C28H28N2O4. The topological polar surface area (TPSA) is 67.9 Å². The zero-order valence-corrected chi connectivity index (χ0v) is 19.4. The van der Waals surface area contributed by atoms with Gasteiger partial charge in [0.05, 0.1) is 12.2 Å². The van der Waals surface area contributed by atoms with Crippen LogP contribution in [-0.4, -0.2) is 29.9 Å². The number of carbonyl (C=O) groups is 2. The molecule has 0 radical (unpaired) electrons. The van der Waals surface area contributed by atoms with E-state index in [2.05, 4.69) is 46.6 Å². The van der Waals surface area contributed by atoms with Crippen LogP contribution >= 0.6 is 0 Å². The van der Waals surface area contributed by atoms with E-state index in [-0.39, 0.29) is 11.9 Å². The van der Waals surface area contributed by atoms with Crippen molar-refractivity contribution in [3.05, 3.63) is 76.0 Å². The van der Waals surface area contributed by atoms with E-state index in [9.17, 15) is 9.59 Å². The number of hydrogen-bond acceptors (Lipinski definition) is 5. The molecule has 0 unspecified atom stereocenters. The third-order valence-corrected chi connectivity index (χ3v) is 7.06. The fourth-order valence-corrected chi connectivity index (χ4v) is 5.24. The van der Waals surface area contributed by atoms with Crippen LogP contribution in [0.3, 0.4) is 0 Å². The van der Waals surface area contributed by atoms with E-state index in [0.29, 0.717) is 30.5 Å². The van der Waals surface area contributed by atoms with Crippen molar-refractivity contribution in [3.63, 3.8) is 0 Å². The highest BCUT2D eigenvalue weighted by atomic mass is 16.5. The minimum Gasteiger partial charge on any atom is -0.487 e. The Hall–Kier alpha value is -3.54. The number of ether oxygens (including phenoxy) is 2. The third kappa shape index (κ3) is 3.77. The number of rotatable bonds is 5. The quantitative estimate of drug-likeness (QED) is 0.509. The molecule has 1 amide bonds. The summed E-state index contributed by atoms with van der Waals surface area (Å²) in [5, 5.41) is 3.04. The maximum Gasteiger partial charge on any atom is 0.332 e. The number of benzene rings is 2. The number of likely N-dealkylation sites (tertiary alicyclic amines) is 1. The van der Waals surface area contributed by atoms with E-state index in [1.54, 1.807) is 6.08 Å². The fourth-order valence-electron chi connectivity index (χ4n) is 5.24. The largest absolute Gasteiger partial charge is 0.487 e. The Morgan fingerprint density at radius 1 is 1.21 bits per heavy atom. The molecule has 1 N–H and O–H groups in total. The van der Waals surface area contributed by atoms with Gasteiger partial charge in [0.2, 0.25) is 0 Å². The molecule has 2 aromatic rings. The van der Waals surface area contributed by atoms with Gasteiger partial charge in [-0.05, 0) is 61.8 Å². The summed E-state index contributed by atoms with van der Waals surface area (Å²) in [6, 6.07) is 12.6. The van der Waals surface area contributed by atoms with Gasteiger partial charge in [0.1, 0.15) is 12.4 Å². The molecule has 6 rings (SSSR count). The first-order chi connectivity index (χ1) is 16.6. The van der Waals surface area contributed by atoms with Crippen molar-refractivity contribution in [2.75, 3.05) is 18.5 Å². The van der Waals surface area contributed by atoms with Gasteiger partial charge in [0.15, 0.2) is 0 Å². The van der Waals surface area contributed by atoms with Crippen LogP contribution in [0.15, 0.2) is 48.2 Å². The maximum absolute atomic E-state index is 12.9. The Morgan fingerprint density at radius 3 is 2.88 bits per heavy atom. The summed E-state index contributed by atoms with van der Waals surface area (Å²) in [7, 11) is 0. The smallest absolute Gasteiger partial charge is 0.332 e. The highest BCUT2D eigenvalue weighted by Gasteiger charge is 2.34. The number of anilines is 1. The molecule has 3 heterocycles. The molecule has 1 aliphatic carbocycles. The number of esters is 1. The van der Waals surface area contributed by atoms with Gasteiger partial charge in [0.25, 0.3) is 5.91 Å². The highest BCUT2D eigenvalue weighted by molar-refractivity contribution is 6.36. The van der Waals surface area contributed by atoms with Gasteiger partial charge < -0.3 is 19.7 Å². The number of amides is 1. The lowest BCUT2D eigenvalue weighted by atomic mass is 9.98. The molecule has 174 valence electrons. The molecule has 0 aromatic heterocycles. The van der Waals surface area contributed by atoms with Gasteiger partial charge in [-0.1, -0.05) is 24.3 Å². The summed E-state index contributed by atoms with van der Waals surface area (Å²) in [5.41, 5.74) is 8.01. The van der Waals surface area contributed by atoms with Gasteiger partial charge >= 0.3 is 5.97 Å². The number of carbonyl (C=O) groups excluding carboxylic acids is 2. The second kappa shape index (κ2) is 8.35. The Balaban J connectivity index is 1.26. The van der Waals surface area contributed by atoms with Crippen molar-refractivity contribution in [1.82, 2.24) is 4.90 Å². The number of nitrogens with zero attached hydrogens (tertiary/aromatic N) is 1. The third-order valence-electron chi connectivity index (χ3n) is 7.06. The van der Waals surface area contributed by atoms with Gasteiger partial charge in [-0.3, -0.25) is 4.79 Å². The minimum atomic E-state index is -0.276. The van der Waals surface area contributed by atoms with E-state index < -0.39 is 0 Å². The van der Waals surface area contributed by atoms with Crippen molar-refractivity contribution in [2.24, 2.45) is 0 Å². The Bertz CT molecular complexity index is 1260. The van der Waals surface area contributed by atoms with Crippen molar-refractivity contribution in [3.8, 4) is 0 Å². The Kier molecular flexibility index (Phi) is 5.16. The summed E-state index contributed by atoms with van der Waals surface area (Å²) < 4.78 is 11.2. The van der Waals surface area contributed by atoms with Gasteiger partial charge in [-0.15, -0.1) is 0 Å². The lowest BCUT2D eigenvalue weighted by molar-refractivity contribution is -0.137. The molecular weight excluding hydrogens is 428 g/mol. The Labute approximate surface area is 199 Å². The molecule has 6 heteroatoms. The van der Waals surface area contributed by atoms with Crippen molar-refractivity contribution in [2.45, 2.75) is 51.7 Å². The monoisotopic (exact) mass is 456 g/mol. The summed E-state index contributed by atoms with van der Waals surface area (Å²) in [6.07, 6.45) is 6.01. The first kappa shape index (κ1) is 21.0. The lowest BCUT2D eigenvalue weighted by Crippen LogP contribution is -2.18. The standard InChI is InChI=1S/C28H28N2O4/c1-2-33-25(31)14-21-4-3-11-30(21)15-17-5-9-22-20(12-17)16-34-27(22)26-23-10-8-19(18-6-7-18)13-24(23)29-28(26)32/h5,8-10,12-14,18H,2-4,6-7,11,15-16H2,1H3,(H,29,32). The fraction of sp³-hybridized carbons (Fsp3) is 0.357. The SMILES string of the molecule is CCOC(=O)C=C1CCCN1Cc1ccc2c(c1)COC2=C1C(=O)Nc2cc(C3CC3)ccc21. The maximum atomic E-state index is 12.9. The Morgan fingerprint density at radius 2 is 2.06 bits per heavy atom. The molecule has 1 saturated carbocycles. The van der Waals surface area contributed by atoms with Gasteiger partial charge in [0, 0.05) is 47.2 Å². The van der Waals surface area contributed by atoms with Crippen molar-refractivity contribution >= 4 is 28.9 Å². The van der Waals surface area contributed by atoms with Gasteiger partial charge in [-0.25, -0.2) is 4.79 Å². The minimum absolute atomic E-state index is 0.0966. The summed E-state index contributed by atoms with van der Waals surface area (Å²) in [4.78, 5) is 27.0. The van der Waals surface area contributed by atoms with E-state index >= 15 is 0 Å². The lowest BCUT2D eigenvalue weighted by Gasteiger charge is -2.20. The molecule has 4 aliphatic rings. The second-order valence-electron chi connectivity index (χ2n) is 9.43. The van der Waals surface area contributed by atoms with Gasteiger partial charge in [-0.2, -0.15) is 0 Å². The first-order valence-corrected chi connectivity index (χ1v) is 12.2. The molecule has 6 nitrogen and oxygen atoms in total. The van der Waals surface area contributed by atoms with Crippen LogP contribution in [0.1, 0.15) is 66.3 Å². The van der Waals surface area contributed by atoms with Crippen LogP contribution in [0.5, 0.6) is 0 Å². The zero-order valence-electron chi connectivity index (χ0n) is 19.4. The van der Waals surface area contributed by atoms with Crippen molar-refractivity contribution < 1.29 is 19.1 Å². The van der Waals surface area contributed by atoms with Crippen LogP contribution in [0.2, 0.25) is 0 Å². The van der Waals surface area contributed by atoms with E-state index in [0.717, 1.165) is 59.6 Å². The predicted molar refractivity (Wildman–Crippen MR) is 129 cm³/mol. The molecule has 0 atom stereocenters. The first-order valence-electron chi connectivity index (χ1n) is 12.2. The molecule has 0 spiro atoms. The average molecular weight is 457 g/mol. The number of fused-ring (bicyclic) bond motifs is 2.